The first-order valence-corrected chi connectivity index (χ1v) is 7.94. The fraction of sp³-hybridized carbons (Fsp3) is 1.00. The predicted octanol–water partition coefficient (Wildman–Crippen LogP) is 2.64. The molecule has 2 N–H and O–H groups in total. The molecule has 0 amide bonds. The highest BCUT2D eigenvalue weighted by Gasteiger charge is 2.42. The van der Waals surface area contributed by atoms with Crippen molar-refractivity contribution in [2.75, 3.05) is 26.2 Å². The van der Waals surface area contributed by atoms with Gasteiger partial charge in [-0.3, -0.25) is 4.90 Å². The lowest BCUT2D eigenvalue weighted by atomic mass is 9.66. The largest absolute Gasteiger partial charge is 0.376 e. The van der Waals surface area contributed by atoms with Gasteiger partial charge in [0.25, 0.3) is 0 Å². The zero-order valence-corrected chi connectivity index (χ0v) is 13.2. The van der Waals surface area contributed by atoms with E-state index in [4.69, 9.17) is 10.5 Å². The molecular weight excluding hydrogens is 236 g/mol. The fourth-order valence-corrected chi connectivity index (χ4v) is 3.92. The van der Waals surface area contributed by atoms with Crippen LogP contribution in [0.4, 0.5) is 0 Å². The number of nitrogens with zero attached hydrogens (tertiary/aromatic N) is 1. The van der Waals surface area contributed by atoms with Crippen LogP contribution < -0.4 is 5.73 Å². The fourth-order valence-electron chi connectivity index (χ4n) is 3.92. The van der Waals surface area contributed by atoms with Crippen LogP contribution in [0.2, 0.25) is 0 Å². The predicted molar refractivity (Wildman–Crippen MR) is 80.2 cm³/mol. The second-order valence-electron chi connectivity index (χ2n) is 7.70. The maximum Gasteiger partial charge on any atom is 0.0674 e. The van der Waals surface area contributed by atoms with Gasteiger partial charge >= 0.3 is 0 Å². The molecule has 1 aliphatic heterocycles. The number of hydrogen-bond acceptors (Lipinski definition) is 3. The van der Waals surface area contributed by atoms with Gasteiger partial charge in [-0.25, -0.2) is 0 Å². The Kier molecular flexibility index (Phi) is 4.59. The Balaban J connectivity index is 2.01. The van der Waals surface area contributed by atoms with Crippen LogP contribution in [-0.4, -0.2) is 42.8 Å². The Morgan fingerprint density at radius 2 is 1.89 bits per heavy atom. The van der Waals surface area contributed by atoms with Crippen molar-refractivity contribution in [3.05, 3.63) is 0 Å². The molecule has 1 saturated carbocycles. The van der Waals surface area contributed by atoms with Crippen LogP contribution in [-0.2, 0) is 4.74 Å². The normalized spacial score (nSPS) is 38.4. The van der Waals surface area contributed by atoms with E-state index < -0.39 is 0 Å². The average molecular weight is 268 g/mol. The second-order valence-corrected chi connectivity index (χ2v) is 7.70. The molecule has 2 fully saturated rings. The van der Waals surface area contributed by atoms with Crippen molar-refractivity contribution in [3.63, 3.8) is 0 Å². The molecule has 3 heteroatoms. The number of nitrogens with two attached hydrogens (primary N) is 1. The summed E-state index contributed by atoms with van der Waals surface area (Å²) in [6.07, 6.45) is 5.53. The molecule has 0 aromatic rings. The van der Waals surface area contributed by atoms with Crippen LogP contribution in [0.25, 0.3) is 0 Å². The van der Waals surface area contributed by atoms with Gasteiger partial charge in [-0.1, -0.05) is 20.8 Å². The first-order chi connectivity index (χ1) is 8.87. The Bertz CT molecular complexity index is 290. The van der Waals surface area contributed by atoms with E-state index in [1.807, 2.05) is 0 Å². The van der Waals surface area contributed by atoms with Gasteiger partial charge in [-0.15, -0.1) is 0 Å². The molecule has 0 spiro atoms. The molecule has 1 heterocycles. The van der Waals surface area contributed by atoms with Gasteiger partial charge < -0.3 is 10.5 Å². The number of morpholine rings is 1. The smallest absolute Gasteiger partial charge is 0.0674 e. The third-order valence-electron chi connectivity index (χ3n) is 5.43. The molecule has 2 aliphatic rings. The lowest BCUT2D eigenvalue weighted by Gasteiger charge is -2.51. The van der Waals surface area contributed by atoms with Crippen molar-refractivity contribution in [1.82, 2.24) is 4.90 Å². The summed E-state index contributed by atoms with van der Waals surface area (Å²) in [7, 11) is 0. The highest BCUT2D eigenvalue weighted by atomic mass is 16.5. The molecular formula is C16H32N2O. The SMILES string of the molecule is CC1CN(C2(CN)CCC(C(C)(C)C)CC2)CCO1. The summed E-state index contributed by atoms with van der Waals surface area (Å²) >= 11 is 0. The van der Waals surface area contributed by atoms with E-state index >= 15 is 0 Å². The van der Waals surface area contributed by atoms with Crippen molar-refractivity contribution < 1.29 is 4.74 Å². The van der Waals surface area contributed by atoms with Gasteiger partial charge in [0.2, 0.25) is 0 Å². The summed E-state index contributed by atoms with van der Waals surface area (Å²) < 4.78 is 5.68. The van der Waals surface area contributed by atoms with Crippen molar-refractivity contribution in [2.45, 2.75) is 65.0 Å². The third-order valence-corrected chi connectivity index (χ3v) is 5.43. The van der Waals surface area contributed by atoms with Crippen molar-refractivity contribution in [2.24, 2.45) is 17.1 Å². The Morgan fingerprint density at radius 3 is 2.37 bits per heavy atom. The van der Waals surface area contributed by atoms with Crippen LogP contribution in [0.1, 0.15) is 53.4 Å². The maximum absolute atomic E-state index is 6.19. The van der Waals surface area contributed by atoms with Crippen molar-refractivity contribution in [3.8, 4) is 0 Å². The number of ether oxygens (including phenoxy) is 1. The van der Waals surface area contributed by atoms with Crippen LogP contribution in [0.15, 0.2) is 0 Å². The van der Waals surface area contributed by atoms with E-state index in [0.29, 0.717) is 11.5 Å². The first-order valence-electron chi connectivity index (χ1n) is 7.94. The molecule has 1 unspecified atom stereocenters. The topological polar surface area (TPSA) is 38.5 Å². The average Bonchev–Trinajstić information content (AvgIpc) is 2.38. The molecule has 3 nitrogen and oxygen atoms in total. The third kappa shape index (κ3) is 3.32. The Labute approximate surface area is 118 Å². The van der Waals surface area contributed by atoms with Crippen molar-refractivity contribution >= 4 is 0 Å². The van der Waals surface area contributed by atoms with E-state index in [1.165, 1.54) is 25.7 Å². The van der Waals surface area contributed by atoms with Crippen LogP contribution in [0.3, 0.4) is 0 Å². The lowest BCUT2D eigenvalue weighted by molar-refractivity contribution is -0.0777. The monoisotopic (exact) mass is 268 g/mol. The highest BCUT2D eigenvalue weighted by Crippen LogP contribution is 2.43. The van der Waals surface area contributed by atoms with Gasteiger partial charge in [0.05, 0.1) is 12.7 Å². The van der Waals surface area contributed by atoms with Gasteiger partial charge in [-0.2, -0.15) is 0 Å². The molecule has 0 aromatic carbocycles. The Hall–Kier alpha value is -0.120. The molecule has 1 atom stereocenters. The van der Waals surface area contributed by atoms with Gasteiger partial charge in [0.15, 0.2) is 0 Å². The minimum absolute atomic E-state index is 0.250. The molecule has 0 aromatic heterocycles. The van der Waals surface area contributed by atoms with E-state index in [-0.39, 0.29) is 5.54 Å². The Morgan fingerprint density at radius 1 is 1.26 bits per heavy atom. The van der Waals surface area contributed by atoms with E-state index in [1.54, 1.807) is 0 Å². The van der Waals surface area contributed by atoms with Crippen molar-refractivity contribution in [1.29, 1.82) is 0 Å². The summed E-state index contributed by atoms with van der Waals surface area (Å²) in [5.41, 5.74) is 6.88. The van der Waals surface area contributed by atoms with E-state index in [9.17, 15) is 0 Å². The standard InChI is InChI=1S/C16H32N2O/c1-13-11-18(9-10-19-13)16(12-17)7-5-14(6-8-16)15(2,3)4/h13-14H,5-12,17H2,1-4H3. The number of hydrogen-bond donors (Lipinski definition) is 1. The zero-order valence-electron chi connectivity index (χ0n) is 13.2. The van der Waals surface area contributed by atoms with Gasteiger partial charge in [-0.05, 0) is 43.9 Å². The molecule has 1 aliphatic carbocycles. The second kappa shape index (κ2) is 5.71. The number of rotatable bonds is 2. The zero-order chi connectivity index (χ0) is 14.1. The van der Waals surface area contributed by atoms with E-state index in [2.05, 4.69) is 32.6 Å². The lowest BCUT2D eigenvalue weighted by Crippen LogP contribution is -2.60. The first kappa shape index (κ1) is 15.3. The summed E-state index contributed by atoms with van der Waals surface area (Å²) in [5.74, 6) is 0.852. The van der Waals surface area contributed by atoms with Gasteiger partial charge in [0.1, 0.15) is 0 Å². The molecule has 1 saturated heterocycles. The molecule has 2 rings (SSSR count). The van der Waals surface area contributed by atoms with Crippen LogP contribution in [0.5, 0.6) is 0 Å². The highest BCUT2D eigenvalue weighted by molar-refractivity contribution is 4.98. The molecule has 0 radical (unpaired) electrons. The maximum atomic E-state index is 6.19. The molecule has 0 bridgehead atoms. The molecule has 112 valence electrons. The minimum Gasteiger partial charge on any atom is -0.376 e. The van der Waals surface area contributed by atoms with Crippen LogP contribution in [0, 0.1) is 11.3 Å². The molecule has 19 heavy (non-hydrogen) atoms. The van der Waals surface area contributed by atoms with Gasteiger partial charge in [0, 0.05) is 25.2 Å². The summed E-state index contributed by atoms with van der Waals surface area (Å²) in [5, 5.41) is 0. The summed E-state index contributed by atoms with van der Waals surface area (Å²) in [6, 6.07) is 0. The van der Waals surface area contributed by atoms with E-state index in [0.717, 1.165) is 32.2 Å². The van der Waals surface area contributed by atoms with Crippen LogP contribution >= 0.6 is 0 Å². The quantitative estimate of drug-likeness (QED) is 0.837. The summed E-state index contributed by atoms with van der Waals surface area (Å²) in [6.45, 7) is 13.1. The minimum atomic E-state index is 0.250. The summed E-state index contributed by atoms with van der Waals surface area (Å²) in [4.78, 5) is 2.63.